The number of rotatable bonds is 4. The Kier molecular flexibility index (Phi) is 5.52. The molecule has 0 aromatic rings. The molecule has 0 aromatic carbocycles. The van der Waals surface area contributed by atoms with Crippen molar-refractivity contribution in [2.45, 2.75) is 80.1 Å². The predicted molar refractivity (Wildman–Crippen MR) is 123 cm³/mol. The molecular weight excluding hydrogens is 368 g/mol. The third-order valence-corrected chi connectivity index (χ3v) is 9.73. The monoisotopic (exact) mass is 408 g/mol. The van der Waals surface area contributed by atoms with E-state index in [-0.39, 0.29) is 22.4 Å². The molecule has 164 valence electrons. The minimum Gasteiger partial charge on any atom is -0.295 e. The van der Waals surface area contributed by atoms with Gasteiger partial charge in [0.15, 0.2) is 11.6 Å². The molecule has 0 spiro atoms. The van der Waals surface area contributed by atoms with Gasteiger partial charge in [0, 0.05) is 17.4 Å². The minimum absolute atomic E-state index is 0.114. The van der Waals surface area contributed by atoms with E-state index in [1.54, 1.807) is 6.08 Å². The second-order valence-electron chi connectivity index (χ2n) is 11.6. The lowest BCUT2D eigenvalue weighted by Gasteiger charge is -2.54. The molecule has 30 heavy (non-hydrogen) atoms. The first kappa shape index (κ1) is 21.8. The summed E-state index contributed by atoms with van der Waals surface area (Å²) < 4.78 is 0. The normalized spacial score (nSPS) is 40.6. The molecule has 2 nitrogen and oxygen atoms in total. The van der Waals surface area contributed by atoms with E-state index in [4.69, 9.17) is 0 Å². The summed E-state index contributed by atoms with van der Waals surface area (Å²) >= 11 is 0. The number of carbonyl (C=O) groups excluding carboxylic acids is 2. The summed E-state index contributed by atoms with van der Waals surface area (Å²) in [5.41, 5.74) is 2.38. The van der Waals surface area contributed by atoms with Crippen LogP contribution < -0.4 is 0 Å². The predicted octanol–water partition coefficient (Wildman–Crippen LogP) is 6.72. The average molecular weight is 409 g/mol. The molecule has 3 unspecified atom stereocenters. The summed E-state index contributed by atoms with van der Waals surface area (Å²) in [7, 11) is 0. The van der Waals surface area contributed by atoms with Crippen molar-refractivity contribution in [1.82, 2.24) is 0 Å². The molecule has 0 heterocycles. The lowest BCUT2D eigenvalue weighted by atomic mass is 9.49. The zero-order valence-electron chi connectivity index (χ0n) is 19.8. The maximum absolute atomic E-state index is 13.1. The Balaban J connectivity index is 1.62. The Morgan fingerprint density at radius 3 is 2.37 bits per heavy atom. The SMILES string of the molecule is CC(C)C(C)/C=C/[C@@H](C)[C@H]1CCC2C3=CC(=O)C4=CC(=O)CC[C@]4(C)C3CC[C@@]21C. The highest BCUT2D eigenvalue weighted by Crippen LogP contribution is 2.65. The molecule has 7 atom stereocenters. The number of carbonyl (C=O) groups is 2. The van der Waals surface area contributed by atoms with Gasteiger partial charge in [0.1, 0.15) is 0 Å². The fraction of sp³-hybridized carbons (Fsp3) is 0.714. The van der Waals surface area contributed by atoms with Gasteiger partial charge in [-0.25, -0.2) is 0 Å². The molecule has 4 aliphatic rings. The van der Waals surface area contributed by atoms with Crippen LogP contribution >= 0.6 is 0 Å². The van der Waals surface area contributed by atoms with Gasteiger partial charge in [0.2, 0.25) is 0 Å². The van der Waals surface area contributed by atoms with Gasteiger partial charge >= 0.3 is 0 Å². The fourth-order valence-electron chi connectivity index (χ4n) is 7.35. The summed E-state index contributed by atoms with van der Waals surface area (Å²) in [6, 6.07) is 0. The third-order valence-electron chi connectivity index (χ3n) is 9.73. The molecular formula is C28H40O2. The largest absolute Gasteiger partial charge is 0.295 e. The standard InChI is InChI=1S/C28H40O2/c1-17(2)18(3)7-8-19(4)22-9-10-23-21-16-26(30)25-15-20(29)11-13-28(25,6)24(21)12-14-27(22,23)5/h7-8,15-19,22-24H,9-14H2,1-6H3/b8-7+/t18?,19-,22-,23?,24?,27-,28-/m1/s1. The second kappa shape index (κ2) is 7.61. The first-order valence-corrected chi connectivity index (χ1v) is 12.3. The summed E-state index contributed by atoms with van der Waals surface area (Å²) in [5.74, 6) is 3.78. The van der Waals surface area contributed by atoms with Crippen molar-refractivity contribution in [3.8, 4) is 0 Å². The number of ketones is 2. The molecule has 0 amide bonds. The van der Waals surface area contributed by atoms with Crippen LogP contribution in [-0.2, 0) is 9.59 Å². The zero-order chi connectivity index (χ0) is 21.8. The van der Waals surface area contributed by atoms with Crippen molar-refractivity contribution in [3.05, 3.63) is 35.5 Å². The molecule has 2 saturated carbocycles. The van der Waals surface area contributed by atoms with Gasteiger partial charge in [-0.15, -0.1) is 0 Å². The van der Waals surface area contributed by atoms with Crippen molar-refractivity contribution >= 4 is 11.6 Å². The van der Waals surface area contributed by atoms with E-state index in [0.29, 0.717) is 41.9 Å². The molecule has 0 aromatic heterocycles. The summed E-state index contributed by atoms with van der Waals surface area (Å²) in [6.45, 7) is 14.1. The maximum atomic E-state index is 13.1. The Morgan fingerprint density at radius 1 is 0.933 bits per heavy atom. The Morgan fingerprint density at radius 2 is 1.67 bits per heavy atom. The first-order chi connectivity index (χ1) is 14.1. The molecule has 2 fully saturated rings. The van der Waals surface area contributed by atoms with Gasteiger partial charge in [0.05, 0.1) is 0 Å². The van der Waals surface area contributed by atoms with Gasteiger partial charge < -0.3 is 0 Å². The Hall–Kier alpha value is -1.44. The van der Waals surface area contributed by atoms with Crippen LogP contribution in [0.15, 0.2) is 35.5 Å². The molecule has 0 N–H and O–H groups in total. The van der Waals surface area contributed by atoms with E-state index in [0.717, 1.165) is 18.4 Å². The highest BCUT2D eigenvalue weighted by Gasteiger charge is 2.58. The van der Waals surface area contributed by atoms with E-state index in [9.17, 15) is 9.59 Å². The van der Waals surface area contributed by atoms with Gasteiger partial charge in [0.25, 0.3) is 0 Å². The van der Waals surface area contributed by atoms with Crippen LogP contribution in [0.25, 0.3) is 0 Å². The quantitative estimate of drug-likeness (QED) is 0.484. The number of fused-ring (bicyclic) bond motifs is 5. The van der Waals surface area contributed by atoms with E-state index in [1.165, 1.54) is 24.8 Å². The molecule has 0 bridgehead atoms. The van der Waals surface area contributed by atoms with Crippen molar-refractivity contribution in [3.63, 3.8) is 0 Å². The smallest absolute Gasteiger partial charge is 0.182 e. The average Bonchev–Trinajstić information content (AvgIpc) is 3.04. The van der Waals surface area contributed by atoms with Crippen molar-refractivity contribution in [1.29, 1.82) is 0 Å². The zero-order valence-corrected chi connectivity index (χ0v) is 19.8. The highest BCUT2D eigenvalue weighted by molar-refractivity contribution is 6.11. The molecule has 0 radical (unpaired) electrons. The molecule has 4 aliphatic carbocycles. The second-order valence-corrected chi connectivity index (χ2v) is 11.6. The van der Waals surface area contributed by atoms with Crippen LogP contribution in [0.2, 0.25) is 0 Å². The molecule has 0 aliphatic heterocycles. The van der Waals surface area contributed by atoms with Crippen molar-refractivity contribution in [2.24, 2.45) is 46.3 Å². The van der Waals surface area contributed by atoms with Crippen molar-refractivity contribution < 1.29 is 9.59 Å². The third kappa shape index (κ3) is 3.30. The van der Waals surface area contributed by atoms with Gasteiger partial charge in [-0.2, -0.15) is 0 Å². The minimum atomic E-state index is -0.132. The lowest BCUT2D eigenvalue weighted by Crippen LogP contribution is -2.48. The Labute approximate surface area is 183 Å². The van der Waals surface area contributed by atoms with Crippen LogP contribution in [0.3, 0.4) is 0 Å². The van der Waals surface area contributed by atoms with Crippen LogP contribution in [-0.4, -0.2) is 11.6 Å². The van der Waals surface area contributed by atoms with Gasteiger partial charge in [-0.1, -0.05) is 59.3 Å². The van der Waals surface area contributed by atoms with E-state index < -0.39 is 0 Å². The number of hydrogen-bond donors (Lipinski definition) is 0. The maximum Gasteiger partial charge on any atom is 0.182 e. The number of allylic oxidation sites excluding steroid dienone is 6. The van der Waals surface area contributed by atoms with Crippen LogP contribution in [0, 0.1) is 46.3 Å². The van der Waals surface area contributed by atoms with E-state index in [1.807, 2.05) is 6.08 Å². The first-order valence-electron chi connectivity index (χ1n) is 12.3. The van der Waals surface area contributed by atoms with E-state index in [2.05, 4.69) is 53.7 Å². The Bertz CT molecular complexity index is 828. The summed E-state index contributed by atoms with van der Waals surface area (Å²) in [4.78, 5) is 25.1. The topological polar surface area (TPSA) is 34.1 Å². The summed E-state index contributed by atoms with van der Waals surface area (Å²) in [5, 5.41) is 0. The molecule has 2 heteroatoms. The van der Waals surface area contributed by atoms with Gasteiger partial charge in [-0.05, 0) is 85.2 Å². The summed E-state index contributed by atoms with van der Waals surface area (Å²) in [6.07, 6.45) is 14.8. The highest BCUT2D eigenvalue weighted by atomic mass is 16.1. The van der Waals surface area contributed by atoms with Crippen LogP contribution in [0.1, 0.15) is 80.1 Å². The van der Waals surface area contributed by atoms with Gasteiger partial charge in [-0.3, -0.25) is 9.59 Å². The fourth-order valence-corrected chi connectivity index (χ4v) is 7.35. The van der Waals surface area contributed by atoms with Crippen LogP contribution in [0.5, 0.6) is 0 Å². The molecule has 0 saturated heterocycles. The lowest BCUT2D eigenvalue weighted by molar-refractivity contribution is -0.119. The van der Waals surface area contributed by atoms with Crippen LogP contribution in [0.4, 0.5) is 0 Å². The van der Waals surface area contributed by atoms with Crippen molar-refractivity contribution in [2.75, 3.05) is 0 Å². The molecule has 4 rings (SSSR count). The van der Waals surface area contributed by atoms with E-state index >= 15 is 0 Å². The number of hydrogen-bond acceptors (Lipinski definition) is 2.